The van der Waals surface area contributed by atoms with Gasteiger partial charge in [0.25, 0.3) is 5.91 Å². The number of hydrogen-bond acceptors (Lipinski definition) is 7. The summed E-state index contributed by atoms with van der Waals surface area (Å²) >= 11 is 1.18. The number of para-hydroxylation sites is 1. The maximum absolute atomic E-state index is 13.5. The highest BCUT2D eigenvalue weighted by Gasteiger charge is 2.34. The number of hydrogen-bond donors (Lipinski definition) is 2. The third-order valence-corrected chi connectivity index (χ3v) is 9.70. The van der Waals surface area contributed by atoms with Crippen LogP contribution in [0.5, 0.6) is 11.5 Å². The number of thiophene rings is 1. The highest BCUT2D eigenvalue weighted by Crippen LogP contribution is 2.46. The monoisotopic (exact) mass is 589 g/mol. The summed E-state index contributed by atoms with van der Waals surface area (Å²) in [5.74, 6) is 0.972. The Bertz CT molecular complexity index is 1790. The summed E-state index contributed by atoms with van der Waals surface area (Å²) in [6.07, 6.45) is 2.87. The summed E-state index contributed by atoms with van der Waals surface area (Å²) in [6.45, 7) is 5.84. The number of rotatable bonds is 7. The van der Waals surface area contributed by atoms with Gasteiger partial charge in [0.05, 0.1) is 22.4 Å². The van der Waals surface area contributed by atoms with Crippen molar-refractivity contribution >= 4 is 60.6 Å². The first-order valence-corrected chi connectivity index (χ1v) is 15.4. The van der Waals surface area contributed by atoms with Gasteiger partial charge in [0.2, 0.25) is 10.0 Å². The Balaban J connectivity index is 1.29. The number of pyridine rings is 1. The Hall–Kier alpha value is -4.26. The summed E-state index contributed by atoms with van der Waals surface area (Å²) in [5.41, 5.74) is 2.51. The van der Waals surface area contributed by atoms with Gasteiger partial charge in [-0.3, -0.25) is 9.69 Å². The first-order valence-electron chi connectivity index (χ1n) is 13.0. The molecule has 2 aliphatic rings. The van der Waals surface area contributed by atoms with Crippen LogP contribution in [0.4, 0.5) is 21.9 Å². The van der Waals surface area contributed by atoms with E-state index in [-0.39, 0.29) is 18.5 Å². The van der Waals surface area contributed by atoms with Gasteiger partial charge in [-0.05, 0) is 61.7 Å². The van der Waals surface area contributed by atoms with Crippen LogP contribution in [0.3, 0.4) is 0 Å². The zero-order valence-corrected chi connectivity index (χ0v) is 23.8. The number of piperidine rings is 1. The molecule has 10 nitrogen and oxygen atoms in total. The molecule has 1 saturated heterocycles. The Labute approximate surface area is 241 Å². The molecule has 3 amide bonds. The minimum atomic E-state index is -3.58. The number of sulfonamides is 1. The standard InChI is InChI=1S/C29H27N5O5S2/c1-3-41(37,38)33-15-7-8-19(17-33)31-27(35)26-25-24-23(13-14-30-28(24)40-26)34(29(36)32-25)22-12-11-21(16-18(22)2)39-20-9-5-4-6-10-20/h3-6,9-14,16,19H,1,7-8,15,17H2,2H3,(H,31,35)(H,32,36). The lowest BCUT2D eigenvalue weighted by Crippen LogP contribution is -2.49. The van der Waals surface area contributed by atoms with Crippen LogP contribution in [0.25, 0.3) is 10.2 Å². The van der Waals surface area contributed by atoms with Gasteiger partial charge < -0.3 is 15.4 Å². The van der Waals surface area contributed by atoms with Crippen LogP contribution in [-0.4, -0.2) is 48.8 Å². The number of benzene rings is 2. The maximum atomic E-state index is 13.5. The summed E-state index contributed by atoms with van der Waals surface area (Å²) < 4.78 is 31.8. The van der Waals surface area contributed by atoms with E-state index in [4.69, 9.17) is 4.74 Å². The van der Waals surface area contributed by atoms with Gasteiger partial charge in [0, 0.05) is 30.7 Å². The predicted octanol–water partition coefficient (Wildman–Crippen LogP) is 5.75. The molecule has 2 N–H and O–H groups in total. The molecule has 4 aromatic rings. The van der Waals surface area contributed by atoms with Crippen LogP contribution >= 0.6 is 11.3 Å². The quantitative estimate of drug-likeness (QED) is 0.283. The van der Waals surface area contributed by atoms with Crippen LogP contribution in [-0.2, 0) is 10.0 Å². The fourth-order valence-electron chi connectivity index (χ4n) is 5.20. The predicted molar refractivity (Wildman–Crippen MR) is 160 cm³/mol. The zero-order chi connectivity index (χ0) is 28.7. The van der Waals surface area contributed by atoms with Gasteiger partial charge in [-0.25, -0.2) is 18.2 Å². The largest absolute Gasteiger partial charge is 0.457 e. The molecular weight excluding hydrogens is 562 g/mol. The number of aryl methyl sites for hydroxylation is 1. The van der Waals surface area contributed by atoms with Crippen molar-refractivity contribution in [1.82, 2.24) is 14.6 Å². The van der Waals surface area contributed by atoms with Crippen molar-refractivity contribution in [2.75, 3.05) is 23.3 Å². The third-order valence-electron chi connectivity index (χ3n) is 7.13. The number of carbonyl (C=O) groups excluding carboxylic acids is 2. The van der Waals surface area contributed by atoms with Gasteiger partial charge >= 0.3 is 6.03 Å². The average Bonchev–Trinajstić information content (AvgIpc) is 3.34. The van der Waals surface area contributed by atoms with Crippen LogP contribution in [0.15, 0.2) is 72.8 Å². The van der Waals surface area contributed by atoms with E-state index in [2.05, 4.69) is 22.2 Å². The molecule has 2 aliphatic heterocycles. The molecular formula is C29H27N5O5S2. The molecule has 210 valence electrons. The second kappa shape index (κ2) is 10.6. The topological polar surface area (TPSA) is 121 Å². The summed E-state index contributed by atoms with van der Waals surface area (Å²) in [7, 11) is -3.58. The van der Waals surface area contributed by atoms with Gasteiger partial charge in [-0.1, -0.05) is 24.8 Å². The molecule has 4 heterocycles. The Morgan fingerprint density at radius 1 is 1.17 bits per heavy atom. The molecule has 2 aromatic carbocycles. The smallest absolute Gasteiger partial charge is 0.331 e. The van der Waals surface area contributed by atoms with E-state index in [1.165, 1.54) is 15.6 Å². The number of ether oxygens (including phenoxy) is 1. The van der Waals surface area contributed by atoms with E-state index in [1.807, 2.05) is 55.5 Å². The third kappa shape index (κ3) is 5.05. The van der Waals surface area contributed by atoms with Gasteiger partial charge in [0.1, 0.15) is 21.2 Å². The number of nitrogens with zero attached hydrogens (tertiary/aromatic N) is 3. The summed E-state index contributed by atoms with van der Waals surface area (Å²) in [4.78, 5) is 33.9. The van der Waals surface area contributed by atoms with Crippen molar-refractivity contribution < 1.29 is 22.7 Å². The molecule has 1 atom stereocenters. The average molecular weight is 590 g/mol. The van der Waals surface area contributed by atoms with Crippen molar-refractivity contribution in [3.8, 4) is 11.5 Å². The second-order valence-corrected chi connectivity index (χ2v) is 12.7. The minimum Gasteiger partial charge on any atom is -0.457 e. The normalized spacial score (nSPS) is 17.2. The number of amides is 3. The molecule has 6 rings (SSSR count). The van der Waals surface area contributed by atoms with Gasteiger partial charge in [-0.2, -0.15) is 4.31 Å². The number of urea groups is 1. The zero-order valence-electron chi connectivity index (χ0n) is 22.2. The highest BCUT2D eigenvalue weighted by molar-refractivity contribution is 7.92. The Morgan fingerprint density at radius 3 is 2.73 bits per heavy atom. The molecule has 1 fully saturated rings. The summed E-state index contributed by atoms with van der Waals surface area (Å²) in [5, 5.41) is 7.46. The van der Waals surface area contributed by atoms with Crippen LogP contribution < -0.4 is 20.3 Å². The molecule has 0 saturated carbocycles. The number of nitrogens with one attached hydrogen (secondary N) is 2. The van der Waals surface area contributed by atoms with Crippen molar-refractivity contribution in [2.24, 2.45) is 0 Å². The van der Waals surface area contributed by atoms with Crippen molar-refractivity contribution in [2.45, 2.75) is 25.8 Å². The molecule has 0 spiro atoms. The van der Waals surface area contributed by atoms with Crippen LogP contribution in [0, 0.1) is 6.92 Å². The fourth-order valence-corrected chi connectivity index (χ4v) is 7.20. The lowest BCUT2D eigenvalue weighted by molar-refractivity contribution is 0.0926. The lowest BCUT2D eigenvalue weighted by atomic mass is 10.1. The van der Waals surface area contributed by atoms with Crippen molar-refractivity contribution in [3.05, 3.63) is 83.2 Å². The first-order chi connectivity index (χ1) is 19.7. The number of anilines is 3. The molecule has 2 aromatic heterocycles. The van der Waals surface area contributed by atoms with Crippen molar-refractivity contribution in [1.29, 1.82) is 0 Å². The maximum Gasteiger partial charge on any atom is 0.331 e. The second-order valence-electron chi connectivity index (χ2n) is 9.83. The van der Waals surface area contributed by atoms with Crippen molar-refractivity contribution in [3.63, 3.8) is 0 Å². The van der Waals surface area contributed by atoms with E-state index < -0.39 is 16.1 Å². The van der Waals surface area contributed by atoms with E-state index in [9.17, 15) is 18.0 Å². The fraction of sp³-hybridized carbons (Fsp3) is 0.207. The van der Waals surface area contributed by atoms with E-state index in [0.29, 0.717) is 63.0 Å². The highest BCUT2D eigenvalue weighted by atomic mass is 32.2. The summed E-state index contributed by atoms with van der Waals surface area (Å²) in [6, 6.07) is 15.9. The SMILES string of the molecule is C=CS(=O)(=O)N1CCCC(NC(=O)c2sc3nccc4c3c2NC(=O)N4c2ccc(Oc3ccccc3)cc2C)C1. The lowest BCUT2D eigenvalue weighted by Gasteiger charge is -2.31. The molecule has 41 heavy (non-hydrogen) atoms. The molecule has 0 bridgehead atoms. The number of carbonyl (C=O) groups is 2. The molecule has 0 aliphatic carbocycles. The Morgan fingerprint density at radius 2 is 1.98 bits per heavy atom. The van der Waals surface area contributed by atoms with Crippen LogP contribution in [0.2, 0.25) is 0 Å². The van der Waals surface area contributed by atoms with E-state index in [1.54, 1.807) is 17.2 Å². The van der Waals surface area contributed by atoms with Gasteiger partial charge in [-0.15, -0.1) is 11.3 Å². The first kappa shape index (κ1) is 26.9. The van der Waals surface area contributed by atoms with E-state index in [0.717, 1.165) is 11.0 Å². The minimum absolute atomic E-state index is 0.160. The van der Waals surface area contributed by atoms with Gasteiger partial charge in [0.15, 0.2) is 0 Å². The molecule has 1 unspecified atom stereocenters. The number of aromatic nitrogens is 1. The van der Waals surface area contributed by atoms with Crippen LogP contribution in [0.1, 0.15) is 28.1 Å². The molecule has 0 radical (unpaired) electrons. The van der Waals surface area contributed by atoms with E-state index >= 15 is 0 Å². The Kier molecular flexibility index (Phi) is 6.98. The molecule has 12 heteroatoms.